The Hall–Kier alpha value is -2.08. The highest BCUT2D eigenvalue weighted by Crippen LogP contribution is 2.47. The lowest BCUT2D eigenvalue weighted by atomic mass is 9.69. The molecule has 1 aromatic carbocycles. The number of fused-ring (bicyclic) bond motifs is 1. The van der Waals surface area contributed by atoms with Gasteiger partial charge in [-0.25, -0.2) is 15.1 Å². The van der Waals surface area contributed by atoms with Crippen molar-refractivity contribution in [1.82, 2.24) is 0 Å². The van der Waals surface area contributed by atoms with Crippen LogP contribution in [0.2, 0.25) is 0 Å². The third-order valence-electron chi connectivity index (χ3n) is 4.83. The first-order valence-electron chi connectivity index (χ1n) is 8.00. The van der Waals surface area contributed by atoms with E-state index in [2.05, 4.69) is 38.0 Å². The smallest absolute Gasteiger partial charge is 0.337 e. The van der Waals surface area contributed by atoms with E-state index in [9.17, 15) is 9.90 Å². The molecule has 1 aliphatic rings. The molecular weight excluding hydrogens is 324 g/mol. The average Bonchev–Trinajstić information content (AvgIpc) is 2.92. The summed E-state index contributed by atoms with van der Waals surface area (Å²) in [5.41, 5.74) is 2.02. The SMILES string of the molecule is CC1(C)CCC(C)(C)c2sc(Nc3ccc(C(=O)O)cc3O)[nH+]c21. The zero-order valence-corrected chi connectivity index (χ0v) is 15.2. The van der Waals surface area contributed by atoms with Crippen LogP contribution in [0.4, 0.5) is 10.8 Å². The number of nitrogens with one attached hydrogen (secondary N) is 2. The predicted molar refractivity (Wildman–Crippen MR) is 94.5 cm³/mol. The normalized spacial score (nSPS) is 18.0. The van der Waals surface area contributed by atoms with Gasteiger partial charge in [-0.05, 0) is 31.0 Å². The van der Waals surface area contributed by atoms with Crippen LogP contribution in [0.1, 0.15) is 61.5 Å². The molecule has 1 aliphatic carbocycles. The Morgan fingerprint density at radius 3 is 2.46 bits per heavy atom. The van der Waals surface area contributed by atoms with Gasteiger partial charge in [-0.3, -0.25) is 0 Å². The number of H-pyrrole nitrogens is 1. The summed E-state index contributed by atoms with van der Waals surface area (Å²) in [6, 6.07) is 4.32. The number of carbonyl (C=O) groups is 1. The minimum Gasteiger partial charge on any atom is -0.504 e. The topological polar surface area (TPSA) is 83.7 Å². The standard InChI is InChI=1S/C18H22N2O3S/c1-17(2)7-8-18(3,4)14-13(17)20-16(24-14)19-11-6-5-10(15(22)23)9-12(11)21/h5-6,9,21H,7-8H2,1-4H3,(H,19,20)(H,22,23)/p+1. The van der Waals surface area contributed by atoms with Crippen LogP contribution in [0, 0.1) is 0 Å². The number of thiazole rings is 1. The molecule has 24 heavy (non-hydrogen) atoms. The van der Waals surface area contributed by atoms with E-state index < -0.39 is 5.97 Å². The minimum absolute atomic E-state index is 0.0646. The van der Waals surface area contributed by atoms with Gasteiger partial charge in [-0.15, -0.1) is 0 Å². The fourth-order valence-electron chi connectivity index (χ4n) is 3.11. The molecule has 1 aromatic heterocycles. The Morgan fingerprint density at radius 2 is 1.88 bits per heavy atom. The molecule has 0 unspecified atom stereocenters. The zero-order valence-electron chi connectivity index (χ0n) is 14.4. The van der Waals surface area contributed by atoms with Crippen LogP contribution in [-0.2, 0) is 10.8 Å². The summed E-state index contributed by atoms with van der Waals surface area (Å²) < 4.78 is 0. The van der Waals surface area contributed by atoms with Crippen molar-refractivity contribution in [3.63, 3.8) is 0 Å². The molecule has 128 valence electrons. The van der Waals surface area contributed by atoms with Gasteiger partial charge in [0.05, 0.1) is 10.4 Å². The average molecular weight is 347 g/mol. The summed E-state index contributed by atoms with van der Waals surface area (Å²) in [6.07, 6.45) is 2.26. The van der Waals surface area contributed by atoms with Crippen molar-refractivity contribution in [2.24, 2.45) is 0 Å². The van der Waals surface area contributed by atoms with E-state index in [1.807, 2.05) is 0 Å². The Balaban J connectivity index is 1.95. The molecule has 0 amide bonds. The number of aromatic hydroxyl groups is 1. The van der Waals surface area contributed by atoms with E-state index in [1.54, 1.807) is 17.4 Å². The summed E-state index contributed by atoms with van der Waals surface area (Å²) in [7, 11) is 0. The number of rotatable bonds is 3. The number of anilines is 2. The third-order valence-corrected chi connectivity index (χ3v) is 6.20. The van der Waals surface area contributed by atoms with E-state index >= 15 is 0 Å². The van der Waals surface area contributed by atoms with Crippen LogP contribution in [-0.4, -0.2) is 16.2 Å². The largest absolute Gasteiger partial charge is 0.504 e. The van der Waals surface area contributed by atoms with Gasteiger partial charge in [0, 0.05) is 10.8 Å². The van der Waals surface area contributed by atoms with Crippen LogP contribution < -0.4 is 10.3 Å². The first-order chi connectivity index (χ1) is 11.1. The van der Waals surface area contributed by atoms with Crippen molar-refractivity contribution < 1.29 is 20.0 Å². The number of aromatic nitrogens is 1. The van der Waals surface area contributed by atoms with E-state index in [4.69, 9.17) is 5.11 Å². The number of aromatic amines is 1. The van der Waals surface area contributed by atoms with Crippen LogP contribution in [0.25, 0.3) is 0 Å². The Bertz CT molecular complexity index is 775. The molecule has 6 heteroatoms. The Kier molecular flexibility index (Phi) is 3.83. The van der Waals surface area contributed by atoms with Gasteiger partial charge >= 0.3 is 11.1 Å². The first kappa shape index (κ1) is 16.8. The van der Waals surface area contributed by atoms with Crippen molar-refractivity contribution in [1.29, 1.82) is 0 Å². The van der Waals surface area contributed by atoms with E-state index in [0.717, 1.165) is 18.0 Å². The maximum atomic E-state index is 11.0. The summed E-state index contributed by atoms with van der Waals surface area (Å²) in [5.74, 6) is -1.13. The van der Waals surface area contributed by atoms with Gasteiger partial charge in [0.25, 0.3) is 0 Å². The van der Waals surface area contributed by atoms with Crippen molar-refractivity contribution in [3.8, 4) is 5.75 Å². The molecule has 3 rings (SSSR count). The summed E-state index contributed by atoms with van der Waals surface area (Å²) in [5, 5.41) is 23.1. The molecule has 2 aromatic rings. The summed E-state index contributed by atoms with van der Waals surface area (Å²) >= 11 is 1.66. The fourth-order valence-corrected chi connectivity index (χ4v) is 4.44. The molecule has 0 saturated carbocycles. The van der Waals surface area contributed by atoms with E-state index in [-0.39, 0.29) is 22.1 Å². The molecule has 0 spiro atoms. The number of carboxylic acid groups (broad SMARTS) is 1. The predicted octanol–water partition coefficient (Wildman–Crippen LogP) is 4.06. The number of hydrogen-bond acceptors (Lipinski definition) is 4. The van der Waals surface area contributed by atoms with Gasteiger partial charge in [-0.1, -0.05) is 39.0 Å². The maximum absolute atomic E-state index is 11.0. The molecule has 0 bridgehead atoms. The van der Waals surface area contributed by atoms with Crippen molar-refractivity contribution in [2.45, 2.75) is 51.4 Å². The number of carboxylic acids is 1. The van der Waals surface area contributed by atoms with Gasteiger partial charge in [-0.2, -0.15) is 0 Å². The number of phenolic OH excluding ortho intramolecular Hbond substituents is 1. The molecule has 0 saturated heterocycles. The van der Waals surface area contributed by atoms with Gasteiger partial charge < -0.3 is 10.2 Å². The van der Waals surface area contributed by atoms with Crippen molar-refractivity contribution >= 4 is 28.1 Å². The third kappa shape index (κ3) is 2.86. The molecule has 1 heterocycles. The molecule has 0 atom stereocenters. The highest BCUT2D eigenvalue weighted by Gasteiger charge is 2.42. The molecule has 0 aliphatic heterocycles. The highest BCUT2D eigenvalue weighted by molar-refractivity contribution is 7.15. The monoisotopic (exact) mass is 347 g/mol. The summed E-state index contributed by atoms with van der Waals surface area (Å²) in [6.45, 7) is 9.00. The van der Waals surface area contributed by atoms with Crippen LogP contribution in [0.15, 0.2) is 18.2 Å². The minimum atomic E-state index is -1.06. The van der Waals surface area contributed by atoms with Gasteiger partial charge in [0.2, 0.25) is 0 Å². The van der Waals surface area contributed by atoms with Crippen molar-refractivity contribution in [3.05, 3.63) is 34.3 Å². The molecule has 5 nitrogen and oxygen atoms in total. The number of aromatic carboxylic acids is 1. The Morgan fingerprint density at radius 1 is 1.21 bits per heavy atom. The van der Waals surface area contributed by atoms with Crippen molar-refractivity contribution in [2.75, 3.05) is 5.32 Å². The number of benzene rings is 1. The molecule has 0 radical (unpaired) electrons. The van der Waals surface area contributed by atoms with Crippen LogP contribution in [0.5, 0.6) is 5.75 Å². The van der Waals surface area contributed by atoms with Crippen LogP contribution >= 0.6 is 11.3 Å². The second-order valence-electron chi connectivity index (χ2n) is 7.69. The lowest BCUT2D eigenvalue weighted by Crippen LogP contribution is -2.36. The molecule has 0 fully saturated rings. The van der Waals surface area contributed by atoms with Crippen LogP contribution in [0.3, 0.4) is 0 Å². The number of hydrogen-bond donors (Lipinski definition) is 3. The second kappa shape index (κ2) is 5.48. The molecule has 4 N–H and O–H groups in total. The lowest BCUT2D eigenvalue weighted by Gasteiger charge is -2.36. The Labute approximate surface area is 145 Å². The van der Waals surface area contributed by atoms with Gasteiger partial charge in [0.15, 0.2) is 11.4 Å². The lowest BCUT2D eigenvalue weighted by molar-refractivity contribution is -0.376. The van der Waals surface area contributed by atoms with Gasteiger partial charge in [0.1, 0.15) is 5.69 Å². The first-order valence-corrected chi connectivity index (χ1v) is 8.82. The fraction of sp³-hybridized carbons (Fsp3) is 0.444. The maximum Gasteiger partial charge on any atom is 0.337 e. The van der Waals surface area contributed by atoms with E-state index in [0.29, 0.717) is 5.69 Å². The summed E-state index contributed by atoms with van der Waals surface area (Å²) in [4.78, 5) is 15.8. The second-order valence-corrected chi connectivity index (χ2v) is 8.71. The molecular formula is C18H23N2O3S+. The highest BCUT2D eigenvalue weighted by atomic mass is 32.1. The zero-order chi connectivity index (χ0) is 17.7. The quantitative estimate of drug-likeness (QED) is 0.731. The number of phenols is 1. The van der Waals surface area contributed by atoms with E-state index in [1.165, 1.54) is 22.7 Å².